The van der Waals surface area contributed by atoms with Gasteiger partial charge in [0.05, 0.1) is 5.54 Å². The number of carbonyl (C=O) groups is 1. The second-order valence-electron chi connectivity index (χ2n) is 5.39. The van der Waals surface area contributed by atoms with E-state index in [-0.39, 0.29) is 11.4 Å². The predicted octanol–water partition coefficient (Wildman–Crippen LogP) is 1.40. The van der Waals surface area contributed by atoms with Crippen molar-refractivity contribution in [2.24, 2.45) is 5.92 Å². The largest absolute Gasteiger partial charge is 0.349 e. The molecule has 2 aliphatic rings. The van der Waals surface area contributed by atoms with Crippen LogP contribution in [0.3, 0.4) is 0 Å². The van der Waals surface area contributed by atoms with E-state index in [1.807, 2.05) is 6.07 Å². The first kappa shape index (κ1) is 10.8. The van der Waals surface area contributed by atoms with Gasteiger partial charge in [0, 0.05) is 26.6 Å². The molecule has 90 valence electrons. The second-order valence-corrected chi connectivity index (χ2v) is 5.39. The Labute approximate surface area is 102 Å². The number of amides is 1. The SMILES string of the molecule is CC(=O)NC12CC1CN(Cc1ccccc1)C2. The van der Waals surface area contributed by atoms with Gasteiger partial charge in [-0.15, -0.1) is 0 Å². The lowest BCUT2D eigenvalue weighted by Crippen LogP contribution is -2.40. The van der Waals surface area contributed by atoms with Crippen LogP contribution in [0.1, 0.15) is 18.9 Å². The van der Waals surface area contributed by atoms with E-state index < -0.39 is 0 Å². The molecule has 1 aromatic carbocycles. The highest BCUT2D eigenvalue weighted by Gasteiger charge is 2.60. The molecule has 2 atom stereocenters. The molecule has 2 unspecified atom stereocenters. The molecule has 0 bridgehead atoms. The topological polar surface area (TPSA) is 32.3 Å². The molecule has 1 aliphatic carbocycles. The minimum absolute atomic E-state index is 0.106. The van der Waals surface area contributed by atoms with E-state index >= 15 is 0 Å². The smallest absolute Gasteiger partial charge is 0.217 e. The van der Waals surface area contributed by atoms with E-state index in [0.29, 0.717) is 5.92 Å². The van der Waals surface area contributed by atoms with Crippen molar-refractivity contribution in [1.29, 1.82) is 0 Å². The molecule has 3 nitrogen and oxygen atoms in total. The Balaban J connectivity index is 1.61. The van der Waals surface area contributed by atoms with Gasteiger partial charge in [-0.25, -0.2) is 0 Å². The van der Waals surface area contributed by atoms with Gasteiger partial charge < -0.3 is 5.32 Å². The molecule has 17 heavy (non-hydrogen) atoms. The molecule has 1 aliphatic heterocycles. The van der Waals surface area contributed by atoms with Gasteiger partial charge in [0.2, 0.25) is 5.91 Å². The molecule has 1 saturated carbocycles. The van der Waals surface area contributed by atoms with E-state index in [1.54, 1.807) is 6.92 Å². The Bertz CT molecular complexity index is 431. The van der Waals surface area contributed by atoms with Gasteiger partial charge in [-0.1, -0.05) is 30.3 Å². The summed E-state index contributed by atoms with van der Waals surface area (Å²) < 4.78 is 0. The van der Waals surface area contributed by atoms with Crippen molar-refractivity contribution in [1.82, 2.24) is 10.2 Å². The van der Waals surface area contributed by atoms with Crippen LogP contribution in [-0.4, -0.2) is 29.4 Å². The summed E-state index contributed by atoms with van der Waals surface area (Å²) >= 11 is 0. The summed E-state index contributed by atoms with van der Waals surface area (Å²) in [6.07, 6.45) is 1.16. The van der Waals surface area contributed by atoms with Crippen LogP contribution in [0.4, 0.5) is 0 Å². The second kappa shape index (κ2) is 3.84. The van der Waals surface area contributed by atoms with Crippen molar-refractivity contribution in [2.45, 2.75) is 25.4 Å². The molecule has 1 N–H and O–H groups in total. The molecule has 1 aromatic rings. The van der Waals surface area contributed by atoms with Gasteiger partial charge in [0.1, 0.15) is 0 Å². The fourth-order valence-corrected chi connectivity index (χ4v) is 3.09. The monoisotopic (exact) mass is 230 g/mol. The molecule has 0 aromatic heterocycles. The Morgan fingerprint density at radius 1 is 1.47 bits per heavy atom. The van der Waals surface area contributed by atoms with E-state index in [4.69, 9.17) is 0 Å². The van der Waals surface area contributed by atoms with Crippen LogP contribution in [-0.2, 0) is 11.3 Å². The summed E-state index contributed by atoms with van der Waals surface area (Å²) in [7, 11) is 0. The third kappa shape index (κ3) is 2.07. The van der Waals surface area contributed by atoms with E-state index in [2.05, 4.69) is 34.5 Å². The van der Waals surface area contributed by atoms with E-state index in [9.17, 15) is 4.79 Å². The third-order valence-corrected chi connectivity index (χ3v) is 3.89. The summed E-state index contributed by atoms with van der Waals surface area (Å²) in [6.45, 7) is 4.74. The maximum Gasteiger partial charge on any atom is 0.217 e. The standard InChI is InChI=1S/C14H18N2O/c1-11(17)15-14-7-13(14)9-16(10-14)8-12-5-3-2-4-6-12/h2-6,13H,7-10H2,1H3,(H,15,17). The molecular weight excluding hydrogens is 212 g/mol. The summed E-state index contributed by atoms with van der Waals surface area (Å²) in [5.41, 5.74) is 1.47. The van der Waals surface area contributed by atoms with Gasteiger partial charge in [-0.05, 0) is 17.9 Å². The first-order valence-corrected chi connectivity index (χ1v) is 6.23. The first-order valence-electron chi connectivity index (χ1n) is 6.23. The fraction of sp³-hybridized carbons (Fsp3) is 0.500. The Hall–Kier alpha value is -1.35. The molecule has 0 radical (unpaired) electrons. The summed E-state index contributed by atoms with van der Waals surface area (Å²) in [5.74, 6) is 0.782. The van der Waals surface area contributed by atoms with E-state index in [1.165, 1.54) is 5.56 Å². The average Bonchev–Trinajstić information content (AvgIpc) is 2.80. The number of hydrogen-bond donors (Lipinski definition) is 1. The van der Waals surface area contributed by atoms with Crippen LogP contribution in [0.2, 0.25) is 0 Å². The summed E-state index contributed by atoms with van der Waals surface area (Å²) in [5, 5.41) is 3.13. The van der Waals surface area contributed by atoms with Crippen LogP contribution in [0, 0.1) is 5.92 Å². The lowest BCUT2D eigenvalue weighted by atomic mass is 10.2. The van der Waals surface area contributed by atoms with Crippen LogP contribution < -0.4 is 5.32 Å². The van der Waals surface area contributed by atoms with Crippen LogP contribution >= 0.6 is 0 Å². The minimum atomic E-state index is 0.106. The number of rotatable bonds is 3. The Morgan fingerprint density at radius 2 is 2.24 bits per heavy atom. The number of benzene rings is 1. The fourth-order valence-electron chi connectivity index (χ4n) is 3.09. The Morgan fingerprint density at radius 3 is 2.94 bits per heavy atom. The maximum atomic E-state index is 11.2. The first-order chi connectivity index (χ1) is 8.18. The molecule has 2 fully saturated rings. The number of fused-ring (bicyclic) bond motifs is 1. The lowest BCUT2D eigenvalue weighted by Gasteiger charge is -2.21. The molecule has 1 amide bonds. The molecule has 3 heteroatoms. The van der Waals surface area contributed by atoms with Crippen molar-refractivity contribution in [3.63, 3.8) is 0 Å². The number of nitrogens with zero attached hydrogens (tertiary/aromatic N) is 1. The van der Waals surface area contributed by atoms with Crippen LogP contribution in [0.15, 0.2) is 30.3 Å². The van der Waals surface area contributed by atoms with Crippen molar-refractivity contribution in [3.05, 3.63) is 35.9 Å². The van der Waals surface area contributed by atoms with E-state index in [0.717, 1.165) is 26.1 Å². The normalized spacial score (nSPS) is 31.0. The van der Waals surface area contributed by atoms with Gasteiger partial charge in [-0.3, -0.25) is 9.69 Å². The summed E-state index contributed by atoms with van der Waals surface area (Å²) in [4.78, 5) is 13.6. The van der Waals surface area contributed by atoms with Crippen molar-refractivity contribution >= 4 is 5.91 Å². The minimum Gasteiger partial charge on any atom is -0.349 e. The highest BCUT2D eigenvalue weighted by Crippen LogP contribution is 2.49. The number of hydrogen-bond acceptors (Lipinski definition) is 2. The van der Waals surface area contributed by atoms with Crippen molar-refractivity contribution in [3.8, 4) is 0 Å². The van der Waals surface area contributed by atoms with Crippen molar-refractivity contribution < 1.29 is 4.79 Å². The molecule has 3 rings (SSSR count). The quantitative estimate of drug-likeness (QED) is 0.851. The maximum absolute atomic E-state index is 11.2. The zero-order valence-corrected chi connectivity index (χ0v) is 10.1. The van der Waals surface area contributed by atoms with Crippen molar-refractivity contribution in [2.75, 3.05) is 13.1 Å². The number of likely N-dealkylation sites (tertiary alicyclic amines) is 1. The van der Waals surface area contributed by atoms with Gasteiger partial charge in [0.15, 0.2) is 0 Å². The molecule has 0 spiro atoms. The third-order valence-electron chi connectivity index (χ3n) is 3.89. The van der Waals surface area contributed by atoms with Gasteiger partial charge >= 0.3 is 0 Å². The zero-order chi connectivity index (χ0) is 11.9. The lowest BCUT2D eigenvalue weighted by molar-refractivity contribution is -0.119. The van der Waals surface area contributed by atoms with Crippen LogP contribution in [0.25, 0.3) is 0 Å². The predicted molar refractivity (Wildman–Crippen MR) is 66.4 cm³/mol. The summed E-state index contributed by atoms with van der Waals surface area (Å²) in [6, 6.07) is 10.5. The molecule has 1 heterocycles. The van der Waals surface area contributed by atoms with Gasteiger partial charge in [-0.2, -0.15) is 0 Å². The van der Waals surface area contributed by atoms with Crippen LogP contribution in [0.5, 0.6) is 0 Å². The molecular formula is C14H18N2O. The highest BCUT2D eigenvalue weighted by atomic mass is 16.1. The molecule has 1 saturated heterocycles. The number of nitrogens with one attached hydrogen (secondary N) is 1. The average molecular weight is 230 g/mol. The van der Waals surface area contributed by atoms with Gasteiger partial charge in [0.25, 0.3) is 0 Å². The number of carbonyl (C=O) groups excluding carboxylic acids is 1. The number of piperidine rings is 1. The highest BCUT2D eigenvalue weighted by molar-refractivity contribution is 5.74. The Kier molecular flexibility index (Phi) is 2.44. The zero-order valence-electron chi connectivity index (χ0n) is 10.1.